The summed E-state index contributed by atoms with van der Waals surface area (Å²) in [5, 5.41) is 13.4. The van der Waals surface area contributed by atoms with Crippen LogP contribution in [-0.4, -0.2) is 25.3 Å². The fourth-order valence-electron chi connectivity index (χ4n) is 2.17. The van der Waals surface area contributed by atoms with Crippen LogP contribution in [0.25, 0.3) is 0 Å². The van der Waals surface area contributed by atoms with Crippen LogP contribution < -0.4 is 10.1 Å². The Labute approximate surface area is 90.1 Å². The Balaban J connectivity index is 2.45. The molecule has 1 fully saturated rings. The molecular weight excluding hydrogens is 190 g/mol. The van der Waals surface area contributed by atoms with E-state index in [0.717, 1.165) is 36.4 Å². The third kappa shape index (κ3) is 1.79. The van der Waals surface area contributed by atoms with Gasteiger partial charge in [0.15, 0.2) is 0 Å². The van der Waals surface area contributed by atoms with Crippen molar-refractivity contribution in [2.24, 2.45) is 0 Å². The van der Waals surface area contributed by atoms with Gasteiger partial charge in [0.1, 0.15) is 11.5 Å². The topological polar surface area (TPSA) is 41.5 Å². The van der Waals surface area contributed by atoms with E-state index in [9.17, 15) is 5.11 Å². The predicted octanol–water partition coefficient (Wildman–Crippen LogP) is 1.79. The lowest BCUT2D eigenvalue weighted by Gasteiger charge is -2.16. The second kappa shape index (κ2) is 4.11. The standard InChI is InChI=1S/C12H17NO2/c1-8-3-4-10(15-2)11(12(8)14)9-5-6-13-7-9/h3-4,9,13-14H,5-7H2,1-2H3. The molecule has 15 heavy (non-hydrogen) atoms. The first-order valence-corrected chi connectivity index (χ1v) is 5.31. The summed E-state index contributed by atoms with van der Waals surface area (Å²) in [7, 11) is 1.65. The van der Waals surface area contributed by atoms with Crippen LogP contribution in [-0.2, 0) is 0 Å². The van der Waals surface area contributed by atoms with Gasteiger partial charge >= 0.3 is 0 Å². The van der Waals surface area contributed by atoms with E-state index in [2.05, 4.69) is 5.32 Å². The molecule has 3 heteroatoms. The molecule has 1 aliphatic heterocycles. The first-order chi connectivity index (χ1) is 7.24. The van der Waals surface area contributed by atoms with Crippen molar-refractivity contribution in [2.75, 3.05) is 20.2 Å². The molecule has 0 amide bonds. The highest BCUT2D eigenvalue weighted by Crippen LogP contribution is 2.39. The van der Waals surface area contributed by atoms with Crippen molar-refractivity contribution >= 4 is 0 Å². The molecule has 1 saturated heterocycles. The van der Waals surface area contributed by atoms with E-state index in [4.69, 9.17) is 4.74 Å². The molecule has 0 radical (unpaired) electrons. The van der Waals surface area contributed by atoms with Crippen molar-refractivity contribution in [1.82, 2.24) is 5.32 Å². The van der Waals surface area contributed by atoms with Gasteiger partial charge in [0.25, 0.3) is 0 Å². The second-order valence-corrected chi connectivity index (χ2v) is 4.04. The fourth-order valence-corrected chi connectivity index (χ4v) is 2.17. The van der Waals surface area contributed by atoms with Crippen molar-refractivity contribution in [1.29, 1.82) is 0 Å². The Morgan fingerprint density at radius 2 is 2.27 bits per heavy atom. The average molecular weight is 207 g/mol. The highest BCUT2D eigenvalue weighted by atomic mass is 16.5. The monoisotopic (exact) mass is 207 g/mol. The summed E-state index contributed by atoms with van der Waals surface area (Å²) in [6.07, 6.45) is 1.06. The van der Waals surface area contributed by atoms with Crippen molar-refractivity contribution in [3.63, 3.8) is 0 Å². The number of benzene rings is 1. The summed E-state index contributed by atoms with van der Waals surface area (Å²) in [6.45, 7) is 3.86. The molecule has 0 spiro atoms. The third-order valence-electron chi connectivity index (χ3n) is 3.07. The van der Waals surface area contributed by atoms with Gasteiger partial charge in [-0.15, -0.1) is 0 Å². The Bertz CT molecular complexity index is 357. The minimum absolute atomic E-state index is 0.375. The fraction of sp³-hybridized carbons (Fsp3) is 0.500. The lowest BCUT2D eigenvalue weighted by Crippen LogP contribution is -2.09. The average Bonchev–Trinajstić information content (AvgIpc) is 2.75. The highest BCUT2D eigenvalue weighted by molar-refractivity contribution is 5.51. The molecular formula is C12H17NO2. The highest BCUT2D eigenvalue weighted by Gasteiger charge is 2.24. The molecule has 1 aliphatic rings. The summed E-state index contributed by atoms with van der Waals surface area (Å²) in [5.41, 5.74) is 1.88. The van der Waals surface area contributed by atoms with Crippen LogP contribution in [0.3, 0.4) is 0 Å². The van der Waals surface area contributed by atoms with Crippen LogP contribution in [0.2, 0.25) is 0 Å². The van der Waals surface area contributed by atoms with Crippen LogP contribution in [0.1, 0.15) is 23.5 Å². The number of ether oxygens (including phenoxy) is 1. The van der Waals surface area contributed by atoms with Gasteiger partial charge in [-0.1, -0.05) is 6.07 Å². The van der Waals surface area contributed by atoms with Crippen molar-refractivity contribution in [3.8, 4) is 11.5 Å². The van der Waals surface area contributed by atoms with Gasteiger partial charge in [-0.2, -0.15) is 0 Å². The van der Waals surface area contributed by atoms with Crippen molar-refractivity contribution in [2.45, 2.75) is 19.3 Å². The Morgan fingerprint density at radius 3 is 2.87 bits per heavy atom. The van der Waals surface area contributed by atoms with Crippen LogP contribution in [0.5, 0.6) is 11.5 Å². The molecule has 1 heterocycles. The van der Waals surface area contributed by atoms with Crippen LogP contribution in [0.4, 0.5) is 0 Å². The molecule has 0 saturated carbocycles. The molecule has 0 aliphatic carbocycles. The minimum Gasteiger partial charge on any atom is -0.507 e. The van der Waals surface area contributed by atoms with Gasteiger partial charge in [-0.25, -0.2) is 0 Å². The van der Waals surface area contributed by atoms with E-state index < -0.39 is 0 Å². The molecule has 1 unspecified atom stereocenters. The third-order valence-corrected chi connectivity index (χ3v) is 3.07. The summed E-state index contributed by atoms with van der Waals surface area (Å²) in [5.74, 6) is 1.56. The number of methoxy groups -OCH3 is 1. The van der Waals surface area contributed by atoms with E-state index in [0.29, 0.717) is 11.7 Å². The second-order valence-electron chi connectivity index (χ2n) is 4.04. The number of phenolic OH excluding ortho intramolecular Hbond substituents is 1. The van der Waals surface area contributed by atoms with Gasteiger partial charge in [0, 0.05) is 18.0 Å². The summed E-state index contributed by atoms with van der Waals surface area (Å²) < 4.78 is 5.31. The predicted molar refractivity (Wildman–Crippen MR) is 59.6 cm³/mol. The van der Waals surface area contributed by atoms with Crippen LogP contribution in [0, 0.1) is 6.92 Å². The molecule has 3 nitrogen and oxygen atoms in total. The van der Waals surface area contributed by atoms with Gasteiger partial charge < -0.3 is 15.2 Å². The van der Waals surface area contributed by atoms with E-state index in [-0.39, 0.29) is 0 Å². The molecule has 1 aromatic rings. The largest absolute Gasteiger partial charge is 0.507 e. The number of hydrogen-bond donors (Lipinski definition) is 2. The Morgan fingerprint density at radius 1 is 1.47 bits per heavy atom. The molecule has 0 aromatic heterocycles. The van der Waals surface area contributed by atoms with Crippen molar-refractivity contribution in [3.05, 3.63) is 23.3 Å². The molecule has 1 atom stereocenters. The molecule has 2 rings (SSSR count). The summed E-state index contributed by atoms with van der Waals surface area (Å²) in [6, 6.07) is 3.82. The van der Waals surface area contributed by atoms with E-state index in [1.807, 2.05) is 19.1 Å². The van der Waals surface area contributed by atoms with Crippen LogP contribution >= 0.6 is 0 Å². The zero-order chi connectivity index (χ0) is 10.8. The normalized spacial score (nSPS) is 20.5. The zero-order valence-electron chi connectivity index (χ0n) is 9.21. The van der Waals surface area contributed by atoms with Gasteiger partial charge in [-0.3, -0.25) is 0 Å². The van der Waals surface area contributed by atoms with E-state index in [1.54, 1.807) is 7.11 Å². The van der Waals surface area contributed by atoms with Gasteiger partial charge in [-0.05, 0) is 31.5 Å². The smallest absolute Gasteiger partial charge is 0.126 e. The maximum absolute atomic E-state index is 10.1. The Hall–Kier alpha value is -1.22. The molecule has 82 valence electrons. The number of hydrogen-bond acceptors (Lipinski definition) is 3. The van der Waals surface area contributed by atoms with E-state index in [1.165, 1.54) is 0 Å². The number of aromatic hydroxyl groups is 1. The van der Waals surface area contributed by atoms with E-state index >= 15 is 0 Å². The molecule has 2 N–H and O–H groups in total. The summed E-state index contributed by atoms with van der Waals surface area (Å²) in [4.78, 5) is 0. The number of nitrogens with one attached hydrogen (secondary N) is 1. The number of aryl methyl sites for hydroxylation is 1. The molecule has 1 aromatic carbocycles. The quantitative estimate of drug-likeness (QED) is 0.776. The zero-order valence-corrected chi connectivity index (χ0v) is 9.21. The van der Waals surface area contributed by atoms with Gasteiger partial charge in [0.2, 0.25) is 0 Å². The lowest BCUT2D eigenvalue weighted by molar-refractivity contribution is 0.393. The molecule has 0 bridgehead atoms. The first-order valence-electron chi connectivity index (χ1n) is 5.31. The Kier molecular flexibility index (Phi) is 2.82. The van der Waals surface area contributed by atoms with Crippen LogP contribution in [0.15, 0.2) is 12.1 Å². The van der Waals surface area contributed by atoms with Gasteiger partial charge in [0.05, 0.1) is 7.11 Å². The maximum atomic E-state index is 10.1. The number of phenols is 1. The number of rotatable bonds is 2. The SMILES string of the molecule is COc1ccc(C)c(O)c1C1CCNC1. The first kappa shape index (κ1) is 10.3. The maximum Gasteiger partial charge on any atom is 0.126 e. The minimum atomic E-state index is 0.375. The lowest BCUT2D eigenvalue weighted by atomic mass is 9.94. The summed E-state index contributed by atoms with van der Waals surface area (Å²) >= 11 is 0. The van der Waals surface area contributed by atoms with Crippen molar-refractivity contribution < 1.29 is 9.84 Å².